The fourth-order valence-electron chi connectivity index (χ4n) is 1.68. The van der Waals surface area contributed by atoms with Gasteiger partial charge < -0.3 is 9.73 Å². The summed E-state index contributed by atoms with van der Waals surface area (Å²) in [5.74, 6) is 0.914. The fourth-order valence-corrected chi connectivity index (χ4v) is 1.68. The van der Waals surface area contributed by atoms with Crippen LogP contribution in [0.1, 0.15) is 22.9 Å². The van der Waals surface area contributed by atoms with Gasteiger partial charge in [0, 0.05) is 13.0 Å². The molecule has 0 saturated carbocycles. The van der Waals surface area contributed by atoms with Crippen LogP contribution in [-0.4, -0.2) is 23.8 Å². The summed E-state index contributed by atoms with van der Waals surface area (Å²) in [5, 5.41) is 10.7. The van der Waals surface area contributed by atoms with Crippen molar-refractivity contribution >= 4 is 0 Å². The monoisotopic (exact) mass is 285 g/mol. The molecule has 4 nitrogen and oxygen atoms in total. The summed E-state index contributed by atoms with van der Waals surface area (Å²) in [4.78, 5) is 0. The molecule has 20 heavy (non-hydrogen) atoms. The van der Waals surface area contributed by atoms with E-state index in [0.717, 1.165) is 18.7 Å². The van der Waals surface area contributed by atoms with Gasteiger partial charge in [0.05, 0.1) is 12.0 Å². The molecule has 0 aliphatic heterocycles. The van der Waals surface area contributed by atoms with E-state index in [0.29, 0.717) is 30.2 Å². The molecular formula is C13H14F3N3O. The molecule has 0 unspecified atom stereocenters. The van der Waals surface area contributed by atoms with Crippen molar-refractivity contribution in [3.63, 3.8) is 0 Å². The van der Waals surface area contributed by atoms with Gasteiger partial charge in [0.25, 0.3) is 0 Å². The largest absolute Gasteiger partial charge is 0.425 e. The lowest BCUT2D eigenvalue weighted by atomic mass is 10.1. The molecule has 1 heterocycles. The first-order valence-corrected chi connectivity index (χ1v) is 6.11. The molecule has 0 atom stereocenters. The topological polar surface area (TPSA) is 51.0 Å². The van der Waals surface area contributed by atoms with Crippen molar-refractivity contribution in [2.45, 2.75) is 19.0 Å². The average molecular weight is 285 g/mol. The molecule has 0 saturated heterocycles. The van der Waals surface area contributed by atoms with Gasteiger partial charge in [-0.3, -0.25) is 0 Å². The second kappa shape index (κ2) is 6.04. The zero-order chi connectivity index (χ0) is 14.6. The fraction of sp³-hybridized carbons (Fsp3) is 0.385. The second-order valence-corrected chi connectivity index (χ2v) is 4.31. The Balaban J connectivity index is 2.01. The van der Waals surface area contributed by atoms with Crippen LogP contribution < -0.4 is 5.32 Å². The molecule has 7 heteroatoms. The third-order valence-corrected chi connectivity index (χ3v) is 2.73. The number of hydrogen-bond acceptors (Lipinski definition) is 4. The van der Waals surface area contributed by atoms with Gasteiger partial charge in [0.1, 0.15) is 0 Å². The number of nitrogens with one attached hydrogen (secondary N) is 1. The highest BCUT2D eigenvalue weighted by atomic mass is 19.4. The Morgan fingerprint density at radius 3 is 2.35 bits per heavy atom. The van der Waals surface area contributed by atoms with Crippen LogP contribution in [-0.2, 0) is 19.0 Å². The highest BCUT2D eigenvalue weighted by molar-refractivity contribution is 5.26. The highest BCUT2D eigenvalue weighted by Gasteiger charge is 2.29. The van der Waals surface area contributed by atoms with E-state index in [1.807, 2.05) is 7.05 Å². The zero-order valence-electron chi connectivity index (χ0n) is 10.9. The first kappa shape index (κ1) is 14.5. The molecule has 1 aromatic carbocycles. The third kappa shape index (κ3) is 3.80. The predicted molar refractivity (Wildman–Crippen MR) is 66.2 cm³/mol. The molecule has 0 radical (unpaired) electrons. The molecule has 108 valence electrons. The number of benzene rings is 1. The molecular weight excluding hydrogens is 271 g/mol. The van der Waals surface area contributed by atoms with Crippen LogP contribution in [0.15, 0.2) is 28.7 Å². The Morgan fingerprint density at radius 1 is 1.10 bits per heavy atom. The Morgan fingerprint density at radius 2 is 1.75 bits per heavy atom. The van der Waals surface area contributed by atoms with E-state index >= 15 is 0 Å². The maximum Gasteiger partial charge on any atom is 0.416 e. The quantitative estimate of drug-likeness (QED) is 0.916. The maximum atomic E-state index is 12.4. The number of nitrogens with zero attached hydrogens (tertiary/aromatic N) is 2. The summed E-state index contributed by atoms with van der Waals surface area (Å²) < 4.78 is 42.7. The first-order chi connectivity index (χ1) is 9.49. The van der Waals surface area contributed by atoms with E-state index in [4.69, 9.17) is 4.42 Å². The standard InChI is InChI=1S/C13H14F3N3O/c1-17-7-6-11-18-19-12(20-11)8-9-2-4-10(5-3-9)13(14,15)16/h2-5,17H,6-8H2,1H3. The molecule has 2 aromatic rings. The summed E-state index contributed by atoms with van der Waals surface area (Å²) >= 11 is 0. The zero-order valence-corrected chi connectivity index (χ0v) is 10.9. The molecule has 0 bridgehead atoms. The van der Waals surface area contributed by atoms with Crippen molar-refractivity contribution in [2.24, 2.45) is 0 Å². The Kier molecular flexibility index (Phi) is 4.39. The van der Waals surface area contributed by atoms with Crippen LogP contribution in [0.4, 0.5) is 13.2 Å². The van der Waals surface area contributed by atoms with E-state index in [2.05, 4.69) is 15.5 Å². The van der Waals surface area contributed by atoms with Crippen molar-refractivity contribution in [2.75, 3.05) is 13.6 Å². The van der Waals surface area contributed by atoms with E-state index in [1.54, 1.807) is 0 Å². The van der Waals surface area contributed by atoms with Gasteiger partial charge >= 0.3 is 6.18 Å². The van der Waals surface area contributed by atoms with Crippen LogP contribution in [0.2, 0.25) is 0 Å². The lowest BCUT2D eigenvalue weighted by molar-refractivity contribution is -0.137. The lowest BCUT2D eigenvalue weighted by Gasteiger charge is -2.06. The van der Waals surface area contributed by atoms with Crippen molar-refractivity contribution < 1.29 is 17.6 Å². The van der Waals surface area contributed by atoms with E-state index in [-0.39, 0.29) is 0 Å². The van der Waals surface area contributed by atoms with Crippen LogP contribution in [0.5, 0.6) is 0 Å². The highest BCUT2D eigenvalue weighted by Crippen LogP contribution is 2.29. The minimum absolute atomic E-state index is 0.324. The molecule has 0 aliphatic rings. The van der Waals surface area contributed by atoms with Gasteiger partial charge in [-0.2, -0.15) is 13.2 Å². The number of rotatable bonds is 5. The summed E-state index contributed by atoms with van der Waals surface area (Å²) in [5.41, 5.74) is 0.0308. The maximum absolute atomic E-state index is 12.4. The number of aromatic nitrogens is 2. The van der Waals surface area contributed by atoms with Crippen molar-refractivity contribution in [1.29, 1.82) is 0 Å². The van der Waals surface area contributed by atoms with Crippen LogP contribution in [0.25, 0.3) is 0 Å². The Hall–Kier alpha value is -1.89. The van der Waals surface area contributed by atoms with Gasteiger partial charge in [-0.15, -0.1) is 10.2 Å². The molecule has 1 N–H and O–H groups in total. The van der Waals surface area contributed by atoms with Crippen LogP contribution in [0.3, 0.4) is 0 Å². The van der Waals surface area contributed by atoms with E-state index < -0.39 is 11.7 Å². The van der Waals surface area contributed by atoms with Crippen molar-refractivity contribution in [3.05, 3.63) is 47.2 Å². The van der Waals surface area contributed by atoms with Gasteiger partial charge in [0.15, 0.2) is 0 Å². The van der Waals surface area contributed by atoms with Gasteiger partial charge in [-0.05, 0) is 24.7 Å². The Bertz CT molecular complexity index is 549. The lowest BCUT2D eigenvalue weighted by Crippen LogP contribution is -2.10. The van der Waals surface area contributed by atoms with Gasteiger partial charge in [-0.25, -0.2) is 0 Å². The SMILES string of the molecule is CNCCc1nnc(Cc2ccc(C(F)(F)F)cc2)o1. The second-order valence-electron chi connectivity index (χ2n) is 4.31. The Labute approximate surface area is 114 Å². The minimum Gasteiger partial charge on any atom is -0.425 e. The smallest absolute Gasteiger partial charge is 0.416 e. The average Bonchev–Trinajstić information content (AvgIpc) is 2.83. The molecule has 0 amide bonds. The van der Waals surface area contributed by atoms with E-state index in [9.17, 15) is 13.2 Å². The molecule has 0 fully saturated rings. The number of likely N-dealkylation sites (N-methyl/N-ethyl adjacent to an activating group) is 1. The summed E-state index contributed by atoms with van der Waals surface area (Å²) in [6.45, 7) is 0.724. The van der Waals surface area contributed by atoms with Crippen LogP contribution >= 0.6 is 0 Å². The van der Waals surface area contributed by atoms with Gasteiger partial charge in [0.2, 0.25) is 11.8 Å². The molecule has 0 aliphatic carbocycles. The molecule has 1 aromatic heterocycles. The summed E-state index contributed by atoms with van der Waals surface area (Å²) in [6.07, 6.45) is -3.37. The normalized spacial score (nSPS) is 11.8. The van der Waals surface area contributed by atoms with E-state index in [1.165, 1.54) is 12.1 Å². The summed E-state index contributed by atoms with van der Waals surface area (Å²) in [6, 6.07) is 4.93. The minimum atomic E-state index is -4.32. The molecule has 0 spiro atoms. The van der Waals surface area contributed by atoms with Crippen molar-refractivity contribution in [3.8, 4) is 0 Å². The number of halogens is 3. The third-order valence-electron chi connectivity index (χ3n) is 2.73. The predicted octanol–water partition coefficient (Wildman–Crippen LogP) is 2.44. The van der Waals surface area contributed by atoms with Crippen LogP contribution in [0, 0.1) is 0 Å². The molecule has 2 rings (SSSR count). The summed E-state index contributed by atoms with van der Waals surface area (Å²) in [7, 11) is 1.82. The number of alkyl halides is 3. The number of hydrogen-bond donors (Lipinski definition) is 1. The first-order valence-electron chi connectivity index (χ1n) is 6.11. The van der Waals surface area contributed by atoms with Crippen molar-refractivity contribution in [1.82, 2.24) is 15.5 Å². The van der Waals surface area contributed by atoms with Gasteiger partial charge in [-0.1, -0.05) is 12.1 Å².